The summed E-state index contributed by atoms with van der Waals surface area (Å²) in [7, 11) is 0. The first-order valence-electron chi connectivity index (χ1n) is 6.40. The maximum absolute atomic E-state index is 11.9. The summed E-state index contributed by atoms with van der Waals surface area (Å²) in [6.07, 6.45) is 0.935. The van der Waals surface area contributed by atoms with Crippen molar-refractivity contribution in [1.82, 2.24) is 5.32 Å². The molecule has 96 valence electrons. The fraction of sp³-hybridized carbons (Fsp3) is 0.188. The van der Waals surface area contributed by atoms with E-state index in [1.165, 1.54) is 22.9 Å². The van der Waals surface area contributed by atoms with E-state index in [2.05, 4.69) is 29.6 Å². The third-order valence-electron chi connectivity index (χ3n) is 3.36. The molecule has 1 aliphatic heterocycles. The average molecular weight is 269 g/mol. The monoisotopic (exact) mass is 269 g/mol. The van der Waals surface area contributed by atoms with Gasteiger partial charge in [-0.1, -0.05) is 72.4 Å². The topological polar surface area (TPSA) is 29.1 Å². The molecule has 2 nitrogen and oxygen atoms in total. The van der Waals surface area contributed by atoms with Crippen LogP contribution in [0.4, 0.5) is 4.79 Å². The van der Waals surface area contributed by atoms with Gasteiger partial charge in [0.1, 0.15) is 0 Å². The molecule has 2 atom stereocenters. The highest BCUT2D eigenvalue weighted by atomic mass is 32.2. The maximum atomic E-state index is 11.9. The van der Waals surface area contributed by atoms with Gasteiger partial charge in [-0.2, -0.15) is 0 Å². The van der Waals surface area contributed by atoms with E-state index in [1.54, 1.807) is 0 Å². The van der Waals surface area contributed by atoms with Gasteiger partial charge in [0.25, 0.3) is 5.24 Å². The normalized spacial score (nSPS) is 22.8. The standard InChI is InChI=1S/C16H15NOS/c18-16-17-14(12-7-3-1-4-8-12)11-15(19-16)13-9-5-2-6-10-13/h1-10,14-15H,11H2,(H,17,18)/t14-,15+/m0/s1. The van der Waals surface area contributed by atoms with Crippen LogP contribution in [-0.2, 0) is 0 Å². The molecule has 3 heteroatoms. The number of hydrogen-bond acceptors (Lipinski definition) is 2. The van der Waals surface area contributed by atoms with E-state index in [-0.39, 0.29) is 16.5 Å². The van der Waals surface area contributed by atoms with Gasteiger partial charge >= 0.3 is 0 Å². The first kappa shape index (κ1) is 12.3. The molecule has 0 aromatic heterocycles. The Morgan fingerprint density at radius 3 is 2.11 bits per heavy atom. The molecule has 2 aromatic rings. The Morgan fingerprint density at radius 1 is 0.895 bits per heavy atom. The zero-order valence-electron chi connectivity index (χ0n) is 10.5. The first-order valence-corrected chi connectivity index (χ1v) is 7.28. The van der Waals surface area contributed by atoms with Gasteiger partial charge in [0.05, 0.1) is 6.04 Å². The van der Waals surface area contributed by atoms with E-state index in [1.807, 2.05) is 36.4 Å². The third-order valence-corrected chi connectivity index (χ3v) is 4.45. The zero-order valence-corrected chi connectivity index (χ0v) is 11.3. The molecule has 3 rings (SSSR count). The van der Waals surface area contributed by atoms with Gasteiger partial charge in [-0.15, -0.1) is 0 Å². The highest BCUT2D eigenvalue weighted by molar-refractivity contribution is 8.13. The number of hydrogen-bond donors (Lipinski definition) is 1. The average Bonchev–Trinajstić information content (AvgIpc) is 2.48. The Balaban J connectivity index is 1.84. The predicted octanol–water partition coefficient (Wildman–Crippen LogP) is 4.32. The number of nitrogens with one attached hydrogen (secondary N) is 1. The van der Waals surface area contributed by atoms with Crippen LogP contribution < -0.4 is 5.32 Å². The van der Waals surface area contributed by atoms with Gasteiger partial charge in [-0.25, -0.2) is 0 Å². The van der Waals surface area contributed by atoms with Gasteiger partial charge in [0, 0.05) is 5.25 Å². The molecule has 1 amide bonds. The maximum Gasteiger partial charge on any atom is 0.280 e. The van der Waals surface area contributed by atoms with Crippen molar-refractivity contribution in [2.75, 3.05) is 0 Å². The van der Waals surface area contributed by atoms with Crippen LogP contribution in [0, 0.1) is 0 Å². The molecule has 0 radical (unpaired) electrons. The summed E-state index contributed by atoms with van der Waals surface area (Å²) in [6.45, 7) is 0. The summed E-state index contributed by atoms with van der Waals surface area (Å²) in [6, 6.07) is 20.5. The SMILES string of the molecule is O=C1N[C@H](c2ccccc2)C[C@H](c2ccccc2)S1. The number of rotatable bonds is 2. The molecule has 0 unspecified atom stereocenters. The Morgan fingerprint density at radius 2 is 1.47 bits per heavy atom. The van der Waals surface area contributed by atoms with E-state index in [9.17, 15) is 4.79 Å². The predicted molar refractivity (Wildman–Crippen MR) is 79.1 cm³/mol. The molecule has 0 aliphatic carbocycles. The molecular weight excluding hydrogens is 254 g/mol. The van der Waals surface area contributed by atoms with Crippen molar-refractivity contribution in [3.8, 4) is 0 Å². The van der Waals surface area contributed by atoms with Gasteiger partial charge in [-0.3, -0.25) is 4.79 Å². The molecule has 1 N–H and O–H groups in total. The van der Waals surface area contributed by atoms with Crippen molar-refractivity contribution in [2.45, 2.75) is 17.7 Å². The summed E-state index contributed by atoms with van der Waals surface area (Å²) in [4.78, 5) is 11.9. The van der Waals surface area contributed by atoms with E-state index >= 15 is 0 Å². The smallest absolute Gasteiger partial charge is 0.280 e. The summed E-state index contributed by atoms with van der Waals surface area (Å²) in [5, 5.41) is 3.36. The summed E-state index contributed by atoms with van der Waals surface area (Å²) in [5.74, 6) is 0. The minimum Gasteiger partial charge on any atom is -0.340 e. The lowest BCUT2D eigenvalue weighted by Gasteiger charge is -2.29. The van der Waals surface area contributed by atoms with Crippen molar-refractivity contribution in [3.63, 3.8) is 0 Å². The Bertz CT molecular complexity index is 506. The highest BCUT2D eigenvalue weighted by Gasteiger charge is 2.29. The number of thioether (sulfide) groups is 1. The van der Waals surface area contributed by atoms with Crippen molar-refractivity contribution in [1.29, 1.82) is 0 Å². The van der Waals surface area contributed by atoms with Gasteiger partial charge in [-0.05, 0) is 17.5 Å². The van der Waals surface area contributed by atoms with Gasteiger partial charge in [0.15, 0.2) is 0 Å². The second-order valence-corrected chi connectivity index (χ2v) is 5.82. The second kappa shape index (κ2) is 5.49. The highest BCUT2D eigenvalue weighted by Crippen LogP contribution is 2.41. The first-order chi connectivity index (χ1) is 9.33. The lowest BCUT2D eigenvalue weighted by molar-refractivity contribution is 0.255. The Labute approximate surface area is 117 Å². The van der Waals surface area contributed by atoms with Crippen LogP contribution >= 0.6 is 11.8 Å². The second-order valence-electron chi connectivity index (χ2n) is 4.65. The molecule has 1 aliphatic rings. The quantitative estimate of drug-likeness (QED) is 0.880. The van der Waals surface area contributed by atoms with E-state index in [0.29, 0.717) is 0 Å². The lowest BCUT2D eigenvalue weighted by Crippen LogP contribution is -2.31. The molecule has 19 heavy (non-hydrogen) atoms. The van der Waals surface area contributed by atoms with Crippen LogP contribution in [0.25, 0.3) is 0 Å². The number of benzene rings is 2. The fourth-order valence-electron chi connectivity index (χ4n) is 2.40. The van der Waals surface area contributed by atoms with Crippen molar-refractivity contribution in [2.24, 2.45) is 0 Å². The van der Waals surface area contributed by atoms with E-state index < -0.39 is 0 Å². The van der Waals surface area contributed by atoms with E-state index in [0.717, 1.165) is 6.42 Å². The number of carbonyl (C=O) groups is 1. The van der Waals surface area contributed by atoms with Gasteiger partial charge < -0.3 is 5.32 Å². The molecule has 1 heterocycles. The van der Waals surface area contributed by atoms with Crippen LogP contribution in [0.5, 0.6) is 0 Å². The minimum absolute atomic E-state index is 0.0638. The fourth-order valence-corrected chi connectivity index (χ4v) is 3.45. The largest absolute Gasteiger partial charge is 0.340 e. The van der Waals surface area contributed by atoms with Crippen LogP contribution in [0.2, 0.25) is 0 Å². The van der Waals surface area contributed by atoms with Crippen LogP contribution in [0.3, 0.4) is 0 Å². The summed E-state index contributed by atoms with van der Waals surface area (Å²) >= 11 is 1.39. The summed E-state index contributed by atoms with van der Waals surface area (Å²) < 4.78 is 0. The zero-order chi connectivity index (χ0) is 13.1. The Hall–Kier alpha value is -1.74. The minimum atomic E-state index is 0.0638. The molecule has 0 saturated carbocycles. The van der Waals surface area contributed by atoms with Crippen LogP contribution in [0.15, 0.2) is 60.7 Å². The number of carbonyl (C=O) groups excluding carboxylic acids is 1. The molecule has 2 aromatic carbocycles. The van der Waals surface area contributed by atoms with Gasteiger partial charge in [0.2, 0.25) is 0 Å². The molecule has 0 spiro atoms. The summed E-state index contributed by atoms with van der Waals surface area (Å²) in [5.41, 5.74) is 2.40. The Kier molecular flexibility index (Phi) is 3.56. The third kappa shape index (κ3) is 2.82. The molecule has 1 fully saturated rings. The van der Waals surface area contributed by atoms with E-state index in [4.69, 9.17) is 0 Å². The number of amides is 1. The molecule has 0 bridgehead atoms. The van der Waals surface area contributed by atoms with Crippen molar-refractivity contribution >= 4 is 17.0 Å². The lowest BCUT2D eigenvalue weighted by atomic mass is 9.98. The molecule has 1 saturated heterocycles. The van der Waals surface area contributed by atoms with Crippen LogP contribution in [-0.4, -0.2) is 5.24 Å². The van der Waals surface area contributed by atoms with Crippen molar-refractivity contribution < 1.29 is 4.79 Å². The van der Waals surface area contributed by atoms with Crippen molar-refractivity contribution in [3.05, 3.63) is 71.8 Å². The van der Waals surface area contributed by atoms with Crippen LogP contribution in [0.1, 0.15) is 28.8 Å². The molecular formula is C16H15NOS.